The van der Waals surface area contributed by atoms with E-state index >= 15 is 0 Å². The van der Waals surface area contributed by atoms with Crippen molar-refractivity contribution in [2.75, 3.05) is 19.0 Å². The van der Waals surface area contributed by atoms with E-state index in [1.165, 1.54) is 61.3 Å². The fourth-order valence-corrected chi connectivity index (χ4v) is 6.55. The van der Waals surface area contributed by atoms with Crippen LogP contribution in [0.1, 0.15) is 22.3 Å². The van der Waals surface area contributed by atoms with E-state index < -0.39 is 0 Å². The van der Waals surface area contributed by atoms with Crippen molar-refractivity contribution in [3.8, 4) is 55.9 Å². The van der Waals surface area contributed by atoms with Gasteiger partial charge in [0.1, 0.15) is 0 Å². The highest BCUT2D eigenvalue weighted by molar-refractivity contribution is 5.84. The molecule has 0 unspecified atom stereocenters. The molecule has 0 amide bonds. The summed E-state index contributed by atoms with van der Waals surface area (Å²) in [6.45, 7) is 0. The zero-order valence-corrected chi connectivity index (χ0v) is 23.4. The molecular weight excluding hydrogens is 496 g/mol. The molecule has 41 heavy (non-hydrogen) atoms. The lowest BCUT2D eigenvalue weighted by atomic mass is 9.96. The van der Waals surface area contributed by atoms with E-state index in [0.29, 0.717) is 0 Å². The van der Waals surface area contributed by atoms with Crippen LogP contribution in [0, 0.1) is 0 Å². The van der Waals surface area contributed by atoms with E-state index in [-0.39, 0.29) is 0 Å². The van der Waals surface area contributed by atoms with Crippen molar-refractivity contribution in [2.45, 2.75) is 12.8 Å². The molecule has 196 valence electrons. The van der Waals surface area contributed by atoms with Gasteiger partial charge in [-0.1, -0.05) is 84.9 Å². The van der Waals surface area contributed by atoms with Crippen LogP contribution in [0.5, 0.6) is 0 Å². The predicted molar refractivity (Wildman–Crippen MR) is 171 cm³/mol. The fraction of sp³-hybridized carbons (Fsp3) is 0.103. The molecule has 2 nitrogen and oxygen atoms in total. The normalized spacial score (nSPS) is 12.4. The first-order chi connectivity index (χ1) is 20.1. The molecule has 0 radical (unpaired) electrons. The van der Waals surface area contributed by atoms with Crippen LogP contribution in [-0.2, 0) is 12.8 Å². The van der Waals surface area contributed by atoms with Gasteiger partial charge in [0.15, 0.2) is 0 Å². The maximum atomic E-state index is 5.29. The van der Waals surface area contributed by atoms with Gasteiger partial charge in [0, 0.05) is 30.9 Å². The second-order valence-corrected chi connectivity index (χ2v) is 11.5. The highest BCUT2D eigenvalue weighted by Gasteiger charge is 2.21. The van der Waals surface area contributed by atoms with Crippen molar-refractivity contribution in [1.82, 2.24) is 4.98 Å². The van der Waals surface area contributed by atoms with Gasteiger partial charge in [-0.25, -0.2) is 4.98 Å². The SMILES string of the molecule is CN(C)c1ccc(-c2cc(-c3ccc4c(c3)Cc3ccccc3-4)nc(-c3ccc4c(c3)Cc3ccccc3-4)c2)cc1. The molecule has 0 N–H and O–H groups in total. The van der Waals surface area contributed by atoms with Crippen LogP contribution in [0.4, 0.5) is 5.69 Å². The Bertz CT molecular complexity index is 1850. The monoisotopic (exact) mass is 526 g/mol. The van der Waals surface area contributed by atoms with Crippen LogP contribution in [-0.4, -0.2) is 19.1 Å². The molecule has 0 fully saturated rings. The quantitative estimate of drug-likeness (QED) is 0.227. The van der Waals surface area contributed by atoms with Gasteiger partial charge in [0.2, 0.25) is 0 Å². The third-order valence-corrected chi connectivity index (χ3v) is 8.72. The first kappa shape index (κ1) is 23.9. The molecular formula is C39H30N2. The topological polar surface area (TPSA) is 16.1 Å². The Morgan fingerprint density at radius 1 is 0.439 bits per heavy atom. The van der Waals surface area contributed by atoms with E-state index in [9.17, 15) is 0 Å². The largest absolute Gasteiger partial charge is 0.378 e. The Hall–Kier alpha value is -4.95. The summed E-state index contributed by atoms with van der Waals surface area (Å²) in [7, 11) is 4.16. The molecule has 2 aliphatic carbocycles. The number of hydrogen-bond donors (Lipinski definition) is 0. The minimum absolute atomic E-state index is 0.975. The highest BCUT2D eigenvalue weighted by atomic mass is 15.1. The summed E-state index contributed by atoms with van der Waals surface area (Å²) in [6.07, 6.45) is 1.95. The summed E-state index contributed by atoms with van der Waals surface area (Å²) < 4.78 is 0. The predicted octanol–water partition coefficient (Wildman–Crippen LogP) is 9.29. The number of benzene rings is 5. The number of hydrogen-bond acceptors (Lipinski definition) is 2. The molecule has 0 atom stereocenters. The maximum Gasteiger partial charge on any atom is 0.0715 e. The Labute approximate surface area is 241 Å². The maximum absolute atomic E-state index is 5.29. The van der Waals surface area contributed by atoms with E-state index in [2.05, 4.69) is 140 Å². The second-order valence-electron chi connectivity index (χ2n) is 11.5. The summed E-state index contributed by atoms with van der Waals surface area (Å²) in [6, 6.07) is 44.6. The average Bonchev–Trinajstić information content (AvgIpc) is 3.58. The van der Waals surface area contributed by atoms with Crippen molar-refractivity contribution in [3.05, 3.63) is 144 Å². The average molecular weight is 527 g/mol. The van der Waals surface area contributed by atoms with Gasteiger partial charge in [-0.05, 0) is 105 Å². The molecule has 1 aromatic heterocycles. The van der Waals surface area contributed by atoms with Gasteiger partial charge >= 0.3 is 0 Å². The summed E-state index contributed by atoms with van der Waals surface area (Å²) in [5.74, 6) is 0. The molecule has 1 heterocycles. The molecule has 0 saturated carbocycles. The van der Waals surface area contributed by atoms with Crippen LogP contribution < -0.4 is 4.90 Å². The number of rotatable bonds is 4. The third-order valence-electron chi connectivity index (χ3n) is 8.72. The lowest BCUT2D eigenvalue weighted by Gasteiger charge is -2.14. The summed E-state index contributed by atoms with van der Waals surface area (Å²) in [5, 5.41) is 0. The fourth-order valence-electron chi connectivity index (χ4n) is 6.55. The first-order valence-electron chi connectivity index (χ1n) is 14.3. The minimum Gasteiger partial charge on any atom is -0.378 e. The molecule has 6 aromatic rings. The van der Waals surface area contributed by atoms with E-state index in [4.69, 9.17) is 4.98 Å². The van der Waals surface area contributed by atoms with Gasteiger partial charge in [0.05, 0.1) is 11.4 Å². The van der Waals surface area contributed by atoms with Gasteiger partial charge in [-0.2, -0.15) is 0 Å². The molecule has 0 aliphatic heterocycles. The highest BCUT2D eigenvalue weighted by Crippen LogP contribution is 2.41. The lowest BCUT2D eigenvalue weighted by Crippen LogP contribution is -2.07. The van der Waals surface area contributed by atoms with E-state index in [1.807, 2.05) is 0 Å². The molecule has 0 bridgehead atoms. The number of aromatic nitrogens is 1. The zero-order valence-electron chi connectivity index (χ0n) is 23.4. The Balaban J connectivity index is 1.25. The Morgan fingerprint density at radius 2 is 0.902 bits per heavy atom. The standard InChI is InChI=1S/C39H30N2/c1-41(2)33-15-11-25(12-16-33)30-23-38(28-13-17-36-31(21-28)19-26-7-3-5-9-34(26)36)40-39(24-30)29-14-18-37-32(22-29)20-27-8-4-6-10-35(27)37/h3-18,21-24H,19-20H2,1-2H3. The van der Waals surface area contributed by atoms with Crippen LogP contribution in [0.25, 0.3) is 55.9 Å². The van der Waals surface area contributed by atoms with Gasteiger partial charge in [-0.3, -0.25) is 0 Å². The van der Waals surface area contributed by atoms with Crippen LogP contribution in [0.2, 0.25) is 0 Å². The number of pyridine rings is 1. The third kappa shape index (κ3) is 4.06. The van der Waals surface area contributed by atoms with Crippen molar-refractivity contribution in [2.24, 2.45) is 0 Å². The summed E-state index contributed by atoms with van der Waals surface area (Å²) in [4.78, 5) is 7.42. The molecule has 2 aliphatic rings. The van der Waals surface area contributed by atoms with Gasteiger partial charge in [0.25, 0.3) is 0 Å². The van der Waals surface area contributed by atoms with E-state index in [1.54, 1.807) is 0 Å². The van der Waals surface area contributed by atoms with Crippen molar-refractivity contribution in [1.29, 1.82) is 0 Å². The molecule has 5 aromatic carbocycles. The second kappa shape index (κ2) is 9.31. The van der Waals surface area contributed by atoms with E-state index in [0.717, 1.165) is 35.4 Å². The molecule has 2 heteroatoms. The molecule has 0 spiro atoms. The van der Waals surface area contributed by atoms with Crippen LogP contribution in [0.15, 0.2) is 121 Å². The van der Waals surface area contributed by atoms with Crippen LogP contribution in [0.3, 0.4) is 0 Å². The minimum atomic E-state index is 0.975. The number of nitrogens with zero attached hydrogens (tertiary/aromatic N) is 2. The van der Waals surface area contributed by atoms with Crippen molar-refractivity contribution >= 4 is 5.69 Å². The van der Waals surface area contributed by atoms with Gasteiger partial charge in [-0.15, -0.1) is 0 Å². The number of fused-ring (bicyclic) bond motifs is 6. The lowest BCUT2D eigenvalue weighted by molar-refractivity contribution is 1.13. The first-order valence-corrected chi connectivity index (χ1v) is 14.3. The summed E-state index contributed by atoms with van der Waals surface area (Å²) >= 11 is 0. The smallest absolute Gasteiger partial charge is 0.0715 e. The molecule has 0 saturated heterocycles. The zero-order chi connectivity index (χ0) is 27.5. The number of anilines is 1. The van der Waals surface area contributed by atoms with Crippen molar-refractivity contribution < 1.29 is 0 Å². The van der Waals surface area contributed by atoms with Crippen LogP contribution >= 0.6 is 0 Å². The summed E-state index contributed by atoms with van der Waals surface area (Å²) in [5.41, 5.74) is 18.9. The molecule has 8 rings (SSSR count). The van der Waals surface area contributed by atoms with Crippen molar-refractivity contribution in [3.63, 3.8) is 0 Å². The Morgan fingerprint density at radius 3 is 1.41 bits per heavy atom. The van der Waals surface area contributed by atoms with Gasteiger partial charge < -0.3 is 4.90 Å². The Kier molecular flexibility index (Phi) is 5.43.